The van der Waals surface area contributed by atoms with Crippen LogP contribution in [-0.2, 0) is 0 Å². The molecule has 1 aromatic heterocycles. The van der Waals surface area contributed by atoms with Crippen molar-refractivity contribution >= 4 is 5.82 Å². The van der Waals surface area contributed by atoms with E-state index in [2.05, 4.69) is 33.2 Å². The van der Waals surface area contributed by atoms with Crippen LogP contribution in [0.4, 0.5) is 5.82 Å². The molecule has 3 heterocycles. The van der Waals surface area contributed by atoms with Gasteiger partial charge in [-0.25, -0.2) is 9.97 Å². The molecule has 0 radical (unpaired) electrons. The Morgan fingerprint density at radius 3 is 2.63 bits per heavy atom. The van der Waals surface area contributed by atoms with Crippen LogP contribution in [0, 0.1) is 11.3 Å². The maximum Gasteiger partial charge on any atom is 0.183 e. The minimum atomic E-state index is 0.440. The Balaban J connectivity index is 1.86. The summed E-state index contributed by atoms with van der Waals surface area (Å²) in [5.74, 6) is 0.749. The Morgan fingerprint density at radius 2 is 2.00 bits per heavy atom. The van der Waals surface area contributed by atoms with Crippen LogP contribution in [0.2, 0.25) is 0 Å². The molecule has 2 unspecified atom stereocenters. The van der Waals surface area contributed by atoms with E-state index < -0.39 is 0 Å². The second kappa shape index (κ2) is 5.14. The maximum absolute atomic E-state index is 9.19. The molecule has 1 N–H and O–H groups in total. The molecule has 2 aliphatic rings. The van der Waals surface area contributed by atoms with E-state index in [0.717, 1.165) is 25.2 Å². The van der Waals surface area contributed by atoms with Crippen LogP contribution in [0.5, 0.6) is 0 Å². The van der Waals surface area contributed by atoms with Crippen molar-refractivity contribution in [1.29, 1.82) is 5.26 Å². The first-order chi connectivity index (χ1) is 9.31. The maximum atomic E-state index is 9.19. The molecule has 100 valence electrons. The molecule has 5 heteroatoms. The first-order valence-corrected chi connectivity index (χ1v) is 7.05. The van der Waals surface area contributed by atoms with E-state index >= 15 is 0 Å². The van der Waals surface area contributed by atoms with Crippen molar-refractivity contribution < 1.29 is 0 Å². The molecule has 1 aromatic rings. The van der Waals surface area contributed by atoms with Crippen LogP contribution >= 0.6 is 0 Å². The molecule has 2 fully saturated rings. The Bertz CT molecular complexity index is 483. The molecule has 2 bridgehead atoms. The summed E-state index contributed by atoms with van der Waals surface area (Å²) in [4.78, 5) is 10.8. The van der Waals surface area contributed by atoms with E-state index in [1.54, 1.807) is 12.4 Å². The first-order valence-electron chi connectivity index (χ1n) is 7.05. The molecule has 19 heavy (non-hydrogen) atoms. The zero-order valence-electron chi connectivity index (χ0n) is 11.2. The summed E-state index contributed by atoms with van der Waals surface area (Å²) >= 11 is 0. The average Bonchev–Trinajstić information content (AvgIpc) is 2.79. The van der Waals surface area contributed by atoms with Gasteiger partial charge >= 0.3 is 0 Å². The van der Waals surface area contributed by atoms with E-state index in [1.807, 2.05) is 0 Å². The van der Waals surface area contributed by atoms with Gasteiger partial charge in [-0.2, -0.15) is 5.26 Å². The summed E-state index contributed by atoms with van der Waals surface area (Å²) in [6, 6.07) is 3.91. The highest BCUT2D eigenvalue weighted by Gasteiger charge is 2.36. The molecule has 5 nitrogen and oxygen atoms in total. The van der Waals surface area contributed by atoms with Crippen LogP contribution in [0.3, 0.4) is 0 Å². The lowest BCUT2D eigenvalue weighted by Crippen LogP contribution is -2.48. The van der Waals surface area contributed by atoms with Crippen molar-refractivity contribution in [3.8, 4) is 6.07 Å². The second-order valence-electron chi connectivity index (χ2n) is 5.39. The quantitative estimate of drug-likeness (QED) is 0.888. The fourth-order valence-electron chi connectivity index (χ4n) is 3.48. The number of piperidine rings is 1. The monoisotopic (exact) mass is 257 g/mol. The van der Waals surface area contributed by atoms with Gasteiger partial charge in [0.2, 0.25) is 0 Å². The summed E-state index contributed by atoms with van der Waals surface area (Å²) in [6.45, 7) is 3.00. The third kappa shape index (κ3) is 2.28. The number of anilines is 1. The molecule has 3 rings (SSSR count). The third-order valence-corrected chi connectivity index (χ3v) is 4.29. The number of hydrogen-bond acceptors (Lipinski definition) is 5. The molecule has 2 atom stereocenters. The van der Waals surface area contributed by atoms with Gasteiger partial charge in [0.05, 0.1) is 0 Å². The van der Waals surface area contributed by atoms with Gasteiger partial charge in [-0.05, 0) is 32.6 Å². The minimum absolute atomic E-state index is 0.440. The minimum Gasteiger partial charge on any atom is -0.351 e. The number of nitriles is 1. The van der Waals surface area contributed by atoms with Crippen LogP contribution in [0.25, 0.3) is 0 Å². The average molecular weight is 257 g/mol. The molecule has 0 aromatic carbocycles. The summed E-state index contributed by atoms with van der Waals surface area (Å²) in [6.07, 6.45) is 8.11. The summed E-state index contributed by atoms with van der Waals surface area (Å²) in [5, 5.41) is 12.8. The SMILES string of the molecule is CCN(c1nccnc1C#N)C1CC2CCC(C1)N2. The topological polar surface area (TPSA) is 64.8 Å². The first kappa shape index (κ1) is 12.4. The van der Waals surface area contributed by atoms with Crippen LogP contribution in [-0.4, -0.2) is 34.6 Å². The fraction of sp³-hybridized carbons (Fsp3) is 0.643. The lowest BCUT2D eigenvalue weighted by molar-refractivity contribution is 0.347. The van der Waals surface area contributed by atoms with Crippen molar-refractivity contribution in [3.05, 3.63) is 18.1 Å². The molecule has 0 amide bonds. The predicted octanol–water partition coefficient (Wildman–Crippen LogP) is 1.46. The highest BCUT2D eigenvalue weighted by molar-refractivity contribution is 5.50. The van der Waals surface area contributed by atoms with Crippen molar-refractivity contribution in [1.82, 2.24) is 15.3 Å². The smallest absolute Gasteiger partial charge is 0.183 e. The second-order valence-corrected chi connectivity index (χ2v) is 5.39. The number of rotatable bonds is 3. The Labute approximate surface area is 113 Å². The molecule has 0 saturated carbocycles. The summed E-state index contributed by atoms with van der Waals surface area (Å²) in [5.41, 5.74) is 0.440. The van der Waals surface area contributed by atoms with E-state index in [1.165, 1.54) is 12.8 Å². The van der Waals surface area contributed by atoms with Gasteiger partial charge in [-0.1, -0.05) is 0 Å². The third-order valence-electron chi connectivity index (χ3n) is 4.29. The molecular formula is C14H19N5. The van der Waals surface area contributed by atoms with Gasteiger partial charge in [-0.15, -0.1) is 0 Å². The van der Waals surface area contributed by atoms with Crippen molar-refractivity contribution in [3.63, 3.8) is 0 Å². The number of hydrogen-bond donors (Lipinski definition) is 1. The zero-order valence-corrected chi connectivity index (χ0v) is 11.2. The standard InChI is InChI=1S/C14H19N5/c1-2-19(14-13(9-15)16-5-6-17-14)12-7-10-3-4-11(8-12)18-10/h5-6,10-12,18H,2-4,7-8H2,1H3. The number of fused-ring (bicyclic) bond motifs is 2. The van der Waals surface area contributed by atoms with Gasteiger partial charge in [0.15, 0.2) is 11.5 Å². The predicted molar refractivity (Wildman–Crippen MR) is 72.7 cm³/mol. The Hall–Kier alpha value is -1.67. The van der Waals surface area contributed by atoms with Gasteiger partial charge in [0.25, 0.3) is 0 Å². The van der Waals surface area contributed by atoms with Gasteiger partial charge in [0.1, 0.15) is 6.07 Å². The fourth-order valence-corrected chi connectivity index (χ4v) is 3.48. The van der Waals surface area contributed by atoms with Crippen LogP contribution in [0.15, 0.2) is 12.4 Å². The lowest BCUT2D eigenvalue weighted by Gasteiger charge is -2.38. The van der Waals surface area contributed by atoms with E-state index in [9.17, 15) is 5.26 Å². The van der Waals surface area contributed by atoms with E-state index in [-0.39, 0.29) is 0 Å². The van der Waals surface area contributed by atoms with Crippen molar-refractivity contribution in [2.45, 2.75) is 50.7 Å². The summed E-state index contributed by atoms with van der Waals surface area (Å²) < 4.78 is 0. The number of nitrogens with one attached hydrogen (secondary N) is 1. The normalized spacial score (nSPS) is 28.9. The molecule has 0 spiro atoms. The van der Waals surface area contributed by atoms with E-state index in [4.69, 9.17) is 0 Å². The van der Waals surface area contributed by atoms with Crippen LogP contribution < -0.4 is 10.2 Å². The Kier molecular flexibility index (Phi) is 3.34. The molecular weight excluding hydrogens is 238 g/mol. The van der Waals surface area contributed by atoms with Crippen molar-refractivity contribution in [2.24, 2.45) is 0 Å². The van der Waals surface area contributed by atoms with E-state index in [0.29, 0.717) is 23.8 Å². The zero-order chi connectivity index (χ0) is 13.2. The van der Waals surface area contributed by atoms with Gasteiger partial charge < -0.3 is 10.2 Å². The van der Waals surface area contributed by atoms with Gasteiger partial charge in [0, 0.05) is 37.1 Å². The van der Waals surface area contributed by atoms with Gasteiger partial charge in [-0.3, -0.25) is 0 Å². The summed E-state index contributed by atoms with van der Waals surface area (Å²) in [7, 11) is 0. The molecule has 0 aliphatic carbocycles. The molecule has 2 aliphatic heterocycles. The lowest BCUT2D eigenvalue weighted by atomic mass is 9.98. The Morgan fingerprint density at radius 1 is 1.32 bits per heavy atom. The number of nitrogens with zero attached hydrogens (tertiary/aromatic N) is 4. The molecule has 2 saturated heterocycles. The van der Waals surface area contributed by atoms with Crippen LogP contribution in [0.1, 0.15) is 38.3 Å². The number of aromatic nitrogens is 2. The highest BCUT2D eigenvalue weighted by Crippen LogP contribution is 2.32. The largest absolute Gasteiger partial charge is 0.351 e. The highest BCUT2D eigenvalue weighted by atomic mass is 15.2. The van der Waals surface area contributed by atoms with Crippen molar-refractivity contribution in [2.75, 3.05) is 11.4 Å².